The van der Waals surface area contributed by atoms with Crippen LogP contribution in [0.2, 0.25) is 0 Å². The van der Waals surface area contributed by atoms with Crippen LogP contribution in [-0.2, 0) is 0 Å². The summed E-state index contributed by atoms with van der Waals surface area (Å²) in [5.74, 6) is 0. The van der Waals surface area contributed by atoms with E-state index in [2.05, 4.69) is 4.90 Å². The maximum atomic E-state index is 5.95. The summed E-state index contributed by atoms with van der Waals surface area (Å²) in [6.45, 7) is 2.56. The summed E-state index contributed by atoms with van der Waals surface area (Å²) in [4.78, 5) is 2.56. The van der Waals surface area contributed by atoms with Gasteiger partial charge in [0, 0.05) is 18.6 Å². The first-order valence-corrected chi connectivity index (χ1v) is 4.37. The van der Waals surface area contributed by atoms with Crippen LogP contribution in [0.25, 0.3) is 0 Å². The lowest BCUT2D eigenvalue weighted by Gasteiger charge is -2.30. The number of hydrogen-bond donors (Lipinski definition) is 1. The molecule has 58 valence electrons. The topological polar surface area (TPSA) is 29.3 Å². The second-order valence-corrected chi connectivity index (χ2v) is 3.55. The summed E-state index contributed by atoms with van der Waals surface area (Å²) < 4.78 is 0. The minimum absolute atomic E-state index is 0.486. The molecule has 0 aromatic heterocycles. The molecule has 2 aliphatic heterocycles. The summed E-state index contributed by atoms with van der Waals surface area (Å²) in [6, 6.07) is 1.23. The Morgan fingerprint density at radius 1 is 1.10 bits per heavy atom. The van der Waals surface area contributed by atoms with Gasteiger partial charge in [-0.15, -0.1) is 0 Å². The van der Waals surface area contributed by atoms with Crippen LogP contribution in [0, 0.1) is 0 Å². The van der Waals surface area contributed by atoms with Crippen LogP contribution in [0.15, 0.2) is 0 Å². The number of nitrogens with zero attached hydrogens (tertiary/aromatic N) is 1. The van der Waals surface area contributed by atoms with Crippen LogP contribution < -0.4 is 5.73 Å². The molecule has 2 atom stereocenters. The van der Waals surface area contributed by atoms with Gasteiger partial charge in [-0.2, -0.15) is 0 Å². The molecule has 0 radical (unpaired) electrons. The lowest BCUT2D eigenvalue weighted by Crippen LogP contribution is -2.42. The highest BCUT2D eigenvalue weighted by Crippen LogP contribution is 2.25. The zero-order valence-electron chi connectivity index (χ0n) is 6.42. The van der Waals surface area contributed by atoms with E-state index in [9.17, 15) is 0 Å². The molecular formula is C8H16N2. The van der Waals surface area contributed by atoms with E-state index < -0.39 is 0 Å². The van der Waals surface area contributed by atoms with Crippen LogP contribution >= 0.6 is 0 Å². The van der Waals surface area contributed by atoms with E-state index in [4.69, 9.17) is 5.73 Å². The Labute approximate surface area is 62.4 Å². The average molecular weight is 140 g/mol. The van der Waals surface area contributed by atoms with Gasteiger partial charge >= 0.3 is 0 Å². The third kappa shape index (κ3) is 0.956. The molecule has 2 fully saturated rings. The SMILES string of the molecule is N[C@H]1CCN2CCCC[C@@H]12. The van der Waals surface area contributed by atoms with Crippen molar-refractivity contribution >= 4 is 0 Å². The predicted octanol–water partition coefficient (Wildman–Crippen LogP) is 0.572. The Morgan fingerprint density at radius 3 is 2.80 bits per heavy atom. The zero-order chi connectivity index (χ0) is 6.97. The molecule has 0 aromatic carbocycles. The molecule has 0 aromatic rings. The fourth-order valence-corrected chi connectivity index (χ4v) is 2.29. The van der Waals surface area contributed by atoms with Gasteiger partial charge in [0.05, 0.1) is 0 Å². The third-order valence-electron chi connectivity index (χ3n) is 2.91. The van der Waals surface area contributed by atoms with Crippen LogP contribution in [0.4, 0.5) is 0 Å². The molecule has 0 saturated carbocycles. The van der Waals surface area contributed by atoms with E-state index >= 15 is 0 Å². The number of fused-ring (bicyclic) bond motifs is 1. The highest BCUT2D eigenvalue weighted by atomic mass is 15.2. The molecule has 2 nitrogen and oxygen atoms in total. The Balaban J connectivity index is 2.01. The van der Waals surface area contributed by atoms with Gasteiger partial charge in [-0.05, 0) is 25.8 Å². The molecule has 0 unspecified atom stereocenters. The largest absolute Gasteiger partial charge is 0.326 e. The van der Waals surface area contributed by atoms with E-state index in [1.807, 2.05) is 0 Å². The molecule has 0 spiro atoms. The van der Waals surface area contributed by atoms with Gasteiger partial charge in [0.15, 0.2) is 0 Å². The monoisotopic (exact) mass is 140 g/mol. The predicted molar refractivity (Wildman–Crippen MR) is 41.8 cm³/mol. The number of rotatable bonds is 0. The molecule has 0 amide bonds. The van der Waals surface area contributed by atoms with E-state index in [-0.39, 0.29) is 0 Å². The molecule has 2 heterocycles. The number of piperidine rings is 1. The molecule has 2 rings (SSSR count). The Kier molecular flexibility index (Phi) is 1.66. The molecule has 2 heteroatoms. The average Bonchev–Trinajstić information content (AvgIpc) is 2.34. The molecule has 0 bridgehead atoms. The van der Waals surface area contributed by atoms with E-state index in [1.165, 1.54) is 38.8 Å². The fraction of sp³-hybridized carbons (Fsp3) is 1.00. The minimum Gasteiger partial charge on any atom is -0.326 e. The van der Waals surface area contributed by atoms with Crippen molar-refractivity contribution in [1.29, 1.82) is 0 Å². The number of hydrogen-bond acceptors (Lipinski definition) is 2. The van der Waals surface area contributed by atoms with Crippen LogP contribution in [0.5, 0.6) is 0 Å². The zero-order valence-corrected chi connectivity index (χ0v) is 6.42. The Hall–Kier alpha value is -0.0800. The molecule has 2 aliphatic rings. The van der Waals surface area contributed by atoms with Crippen molar-refractivity contribution in [1.82, 2.24) is 4.90 Å². The quantitative estimate of drug-likeness (QED) is 0.533. The van der Waals surface area contributed by atoms with Crippen molar-refractivity contribution in [3.05, 3.63) is 0 Å². The van der Waals surface area contributed by atoms with Crippen LogP contribution in [0.1, 0.15) is 25.7 Å². The van der Waals surface area contributed by atoms with Crippen molar-refractivity contribution in [3.8, 4) is 0 Å². The summed E-state index contributed by atoms with van der Waals surface area (Å²) in [5, 5.41) is 0. The van der Waals surface area contributed by atoms with Crippen LogP contribution in [-0.4, -0.2) is 30.1 Å². The second-order valence-electron chi connectivity index (χ2n) is 3.55. The fourth-order valence-electron chi connectivity index (χ4n) is 2.29. The third-order valence-corrected chi connectivity index (χ3v) is 2.91. The maximum Gasteiger partial charge on any atom is 0.0247 e. The second kappa shape index (κ2) is 2.51. The highest BCUT2D eigenvalue weighted by molar-refractivity contribution is 4.91. The van der Waals surface area contributed by atoms with Crippen molar-refractivity contribution in [2.24, 2.45) is 5.73 Å². The summed E-state index contributed by atoms with van der Waals surface area (Å²) in [7, 11) is 0. The normalized spacial score (nSPS) is 41.7. The van der Waals surface area contributed by atoms with E-state index in [0.717, 1.165) is 6.04 Å². The lowest BCUT2D eigenvalue weighted by molar-refractivity contribution is 0.189. The molecular weight excluding hydrogens is 124 g/mol. The van der Waals surface area contributed by atoms with E-state index in [0.29, 0.717) is 6.04 Å². The van der Waals surface area contributed by atoms with Crippen molar-refractivity contribution < 1.29 is 0 Å². The molecule has 0 aliphatic carbocycles. The molecule has 2 saturated heterocycles. The smallest absolute Gasteiger partial charge is 0.0247 e. The highest BCUT2D eigenvalue weighted by Gasteiger charge is 2.32. The summed E-state index contributed by atoms with van der Waals surface area (Å²) >= 11 is 0. The minimum atomic E-state index is 0.486. The first-order chi connectivity index (χ1) is 4.88. The summed E-state index contributed by atoms with van der Waals surface area (Å²) in [5.41, 5.74) is 5.95. The Bertz CT molecular complexity index is 122. The standard InChI is InChI=1S/C8H16N2/c9-7-4-6-10-5-2-1-3-8(7)10/h7-8H,1-6,9H2/t7-,8-/m0/s1. The van der Waals surface area contributed by atoms with Gasteiger partial charge in [0.1, 0.15) is 0 Å². The Morgan fingerprint density at radius 2 is 2.00 bits per heavy atom. The summed E-state index contributed by atoms with van der Waals surface area (Å²) in [6.07, 6.45) is 5.36. The van der Waals surface area contributed by atoms with Gasteiger partial charge in [-0.25, -0.2) is 0 Å². The van der Waals surface area contributed by atoms with Gasteiger partial charge < -0.3 is 5.73 Å². The van der Waals surface area contributed by atoms with Gasteiger partial charge in [-0.1, -0.05) is 6.42 Å². The lowest BCUT2D eigenvalue weighted by atomic mass is 10.00. The van der Waals surface area contributed by atoms with E-state index in [1.54, 1.807) is 0 Å². The van der Waals surface area contributed by atoms with Crippen molar-refractivity contribution in [3.63, 3.8) is 0 Å². The molecule has 10 heavy (non-hydrogen) atoms. The van der Waals surface area contributed by atoms with Gasteiger partial charge in [-0.3, -0.25) is 4.90 Å². The van der Waals surface area contributed by atoms with Crippen molar-refractivity contribution in [2.45, 2.75) is 37.8 Å². The van der Waals surface area contributed by atoms with Gasteiger partial charge in [0.2, 0.25) is 0 Å². The van der Waals surface area contributed by atoms with Gasteiger partial charge in [0.25, 0.3) is 0 Å². The maximum absolute atomic E-state index is 5.95. The molecule has 2 N–H and O–H groups in total. The van der Waals surface area contributed by atoms with Crippen LogP contribution in [0.3, 0.4) is 0 Å². The first kappa shape index (κ1) is 6.62. The van der Waals surface area contributed by atoms with Crippen molar-refractivity contribution in [2.75, 3.05) is 13.1 Å². The number of nitrogens with two attached hydrogens (primary N) is 1. The first-order valence-electron chi connectivity index (χ1n) is 4.37.